The van der Waals surface area contributed by atoms with E-state index < -0.39 is 5.60 Å². The van der Waals surface area contributed by atoms with Crippen molar-refractivity contribution >= 4 is 11.5 Å². The summed E-state index contributed by atoms with van der Waals surface area (Å²) in [7, 11) is 0. The minimum Gasteiger partial charge on any atom is -0.494 e. The lowest BCUT2D eigenvalue weighted by Gasteiger charge is -2.31. The molecule has 0 spiro atoms. The van der Waals surface area contributed by atoms with Gasteiger partial charge in [-0.3, -0.25) is 4.79 Å². The number of benzene rings is 1. The van der Waals surface area contributed by atoms with Crippen molar-refractivity contribution in [3.8, 4) is 5.75 Å². The number of hydrogen-bond donors (Lipinski definition) is 0. The first-order valence-electron chi connectivity index (χ1n) is 6.11. The van der Waals surface area contributed by atoms with Gasteiger partial charge in [0.1, 0.15) is 11.5 Å². The molecule has 1 aliphatic rings. The van der Waals surface area contributed by atoms with Crippen LogP contribution in [0.1, 0.15) is 31.9 Å². The summed E-state index contributed by atoms with van der Waals surface area (Å²) < 4.78 is 11.1. The highest BCUT2D eigenvalue weighted by molar-refractivity contribution is 5.91. The summed E-state index contributed by atoms with van der Waals surface area (Å²) in [5, 5.41) is 0. The lowest BCUT2D eigenvalue weighted by Crippen LogP contribution is -2.42. The van der Waals surface area contributed by atoms with Crippen LogP contribution in [0.3, 0.4) is 0 Å². The van der Waals surface area contributed by atoms with Crippen LogP contribution in [0.15, 0.2) is 24.8 Å². The molecule has 0 aromatic heterocycles. The highest BCUT2D eigenvalue weighted by Crippen LogP contribution is 2.33. The predicted octanol–water partition coefficient (Wildman–Crippen LogP) is 2.98. The molecule has 3 heteroatoms. The third kappa shape index (κ3) is 2.26. The van der Waals surface area contributed by atoms with Crippen molar-refractivity contribution in [1.29, 1.82) is 0 Å². The second-order valence-electron chi connectivity index (χ2n) is 4.89. The number of ether oxygens (including phenoxy) is 2. The molecule has 2 rings (SSSR count). The molecular weight excluding hydrogens is 228 g/mol. The lowest BCUT2D eigenvalue weighted by molar-refractivity contribution is -0.132. The Balaban J connectivity index is 2.33. The molecule has 96 valence electrons. The molecule has 1 aromatic carbocycles. The van der Waals surface area contributed by atoms with Gasteiger partial charge in [-0.15, -0.1) is 0 Å². The Morgan fingerprint density at radius 3 is 2.89 bits per heavy atom. The predicted molar refractivity (Wildman–Crippen MR) is 70.5 cm³/mol. The van der Waals surface area contributed by atoms with Crippen LogP contribution in [0.4, 0.5) is 0 Å². The molecule has 1 heterocycles. The fourth-order valence-electron chi connectivity index (χ4n) is 1.94. The van der Waals surface area contributed by atoms with Crippen molar-refractivity contribution in [3.05, 3.63) is 35.9 Å². The summed E-state index contributed by atoms with van der Waals surface area (Å²) >= 11 is 0. The van der Waals surface area contributed by atoms with Crippen molar-refractivity contribution in [2.75, 3.05) is 6.61 Å². The molecular formula is C15H18O3. The van der Waals surface area contributed by atoms with Crippen LogP contribution in [0.2, 0.25) is 0 Å². The van der Waals surface area contributed by atoms with Gasteiger partial charge in [0.25, 0.3) is 0 Å². The molecule has 1 aromatic rings. The maximum Gasteiger partial charge on any atom is 0.180 e. The fourth-order valence-corrected chi connectivity index (χ4v) is 1.94. The van der Waals surface area contributed by atoms with Crippen LogP contribution in [0.5, 0.6) is 5.75 Å². The van der Waals surface area contributed by atoms with E-state index >= 15 is 0 Å². The maximum absolute atomic E-state index is 11.8. The first kappa shape index (κ1) is 12.7. The summed E-state index contributed by atoms with van der Waals surface area (Å²) in [5.74, 6) is 1.47. The average Bonchev–Trinajstić information content (AvgIpc) is 2.30. The minimum atomic E-state index is -0.751. The molecule has 0 aliphatic carbocycles. The largest absolute Gasteiger partial charge is 0.494 e. The molecule has 0 saturated carbocycles. The highest BCUT2D eigenvalue weighted by atomic mass is 16.5. The number of rotatable bonds is 3. The standard InChI is InChI=1S/C15H18O3/c1-5-17-10(2)11-6-7-12-9-14(16)15(3,4)18-13(12)8-11/h6-8H,2,5,9H2,1,3-4H3. The zero-order valence-corrected chi connectivity index (χ0v) is 11.1. The summed E-state index contributed by atoms with van der Waals surface area (Å²) in [4.78, 5) is 11.8. The smallest absolute Gasteiger partial charge is 0.180 e. The van der Waals surface area contributed by atoms with E-state index in [-0.39, 0.29) is 5.78 Å². The maximum atomic E-state index is 11.8. The topological polar surface area (TPSA) is 35.5 Å². The van der Waals surface area contributed by atoms with Crippen LogP contribution in [-0.4, -0.2) is 18.0 Å². The second kappa shape index (κ2) is 4.48. The van der Waals surface area contributed by atoms with Crippen molar-refractivity contribution < 1.29 is 14.3 Å². The first-order chi connectivity index (χ1) is 8.44. The van der Waals surface area contributed by atoms with E-state index in [1.54, 1.807) is 13.8 Å². The average molecular weight is 246 g/mol. The molecule has 1 aliphatic heterocycles. The van der Waals surface area contributed by atoms with Crippen LogP contribution in [0, 0.1) is 0 Å². The van der Waals surface area contributed by atoms with E-state index in [2.05, 4.69) is 6.58 Å². The Morgan fingerprint density at radius 1 is 1.50 bits per heavy atom. The lowest BCUT2D eigenvalue weighted by atomic mass is 9.92. The van der Waals surface area contributed by atoms with E-state index in [4.69, 9.17) is 9.47 Å². The quantitative estimate of drug-likeness (QED) is 0.769. The van der Waals surface area contributed by atoms with Crippen molar-refractivity contribution in [1.82, 2.24) is 0 Å². The second-order valence-corrected chi connectivity index (χ2v) is 4.89. The first-order valence-corrected chi connectivity index (χ1v) is 6.11. The molecule has 18 heavy (non-hydrogen) atoms. The summed E-state index contributed by atoms with van der Waals surface area (Å²) in [6, 6.07) is 5.70. The van der Waals surface area contributed by atoms with Gasteiger partial charge in [0.05, 0.1) is 6.61 Å². The van der Waals surface area contributed by atoms with E-state index in [1.165, 1.54) is 0 Å². The normalized spacial score (nSPS) is 16.7. The van der Waals surface area contributed by atoms with Crippen molar-refractivity contribution in [3.63, 3.8) is 0 Å². The van der Waals surface area contributed by atoms with E-state index in [0.717, 1.165) is 16.9 Å². The van der Waals surface area contributed by atoms with Crippen LogP contribution in [0.25, 0.3) is 5.76 Å². The van der Waals surface area contributed by atoms with Gasteiger partial charge in [0.2, 0.25) is 0 Å². The van der Waals surface area contributed by atoms with E-state index in [1.807, 2.05) is 25.1 Å². The number of carbonyl (C=O) groups is 1. The number of Topliss-reactive ketones (excluding diaryl/α,β-unsaturated/α-hetero) is 1. The summed E-state index contributed by atoms with van der Waals surface area (Å²) in [6.45, 7) is 9.96. The Kier molecular flexibility index (Phi) is 3.16. The van der Waals surface area contributed by atoms with Gasteiger partial charge in [-0.25, -0.2) is 0 Å². The minimum absolute atomic E-state index is 0.103. The van der Waals surface area contributed by atoms with E-state index in [9.17, 15) is 4.79 Å². The summed E-state index contributed by atoms with van der Waals surface area (Å²) in [5.41, 5.74) is 1.06. The third-order valence-corrected chi connectivity index (χ3v) is 3.10. The molecule has 0 radical (unpaired) electrons. The SMILES string of the molecule is C=C(OCC)c1ccc2c(c1)OC(C)(C)C(=O)C2. The monoisotopic (exact) mass is 246 g/mol. The number of ketones is 1. The van der Waals surface area contributed by atoms with Gasteiger partial charge in [0, 0.05) is 17.5 Å². The Morgan fingerprint density at radius 2 is 2.22 bits per heavy atom. The molecule has 0 saturated heterocycles. The number of carbonyl (C=O) groups excluding carboxylic acids is 1. The Bertz CT molecular complexity index is 500. The van der Waals surface area contributed by atoms with Crippen LogP contribution < -0.4 is 4.74 Å². The van der Waals surface area contributed by atoms with Crippen LogP contribution >= 0.6 is 0 Å². The Labute approximate surface area is 107 Å². The van der Waals surface area contributed by atoms with Gasteiger partial charge in [-0.1, -0.05) is 18.7 Å². The molecule has 3 nitrogen and oxygen atoms in total. The third-order valence-electron chi connectivity index (χ3n) is 3.10. The van der Waals surface area contributed by atoms with Gasteiger partial charge in [0.15, 0.2) is 11.4 Å². The van der Waals surface area contributed by atoms with Crippen molar-refractivity contribution in [2.45, 2.75) is 32.8 Å². The van der Waals surface area contributed by atoms with Gasteiger partial charge >= 0.3 is 0 Å². The molecule has 0 atom stereocenters. The zero-order chi connectivity index (χ0) is 13.3. The Hall–Kier alpha value is -1.77. The van der Waals surface area contributed by atoms with Crippen molar-refractivity contribution in [2.24, 2.45) is 0 Å². The van der Waals surface area contributed by atoms with Gasteiger partial charge < -0.3 is 9.47 Å². The number of fused-ring (bicyclic) bond motifs is 1. The highest BCUT2D eigenvalue weighted by Gasteiger charge is 2.35. The van der Waals surface area contributed by atoms with E-state index in [0.29, 0.717) is 18.8 Å². The molecule has 0 unspecified atom stereocenters. The van der Waals surface area contributed by atoms with Crippen LogP contribution in [-0.2, 0) is 16.0 Å². The molecule has 0 N–H and O–H groups in total. The molecule has 0 fully saturated rings. The van der Waals surface area contributed by atoms with Gasteiger partial charge in [-0.2, -0.15) is 0 Å². The zero-order valence-electron chi connectivity index (χ0n) is 11.1. The fraction of sp³-hybridized carbons (Fsp3) is 0.400. The summed E-state index contributed by atoms with van der Waals surface area (Å²) in [6.07, 6.45) is 0.420. The van der Waals surface area contributed by atoms with Gasteiger partial charge in [-0.05, 0) is 26.8 Å². The number of hydrogen-bond acceptors (Lipinski definition) is 3. The molecule has 0 amide bonds. The molecule has 0 bridgehead atoms.